The molecule has 1 saturated carbocycles. The molecule has 6 rings (SSSR count). The van der Waals surface area contributed by atoms with E-state index in [1.165, 1.54) is 0 Å². The van der Waals surface area contributed by atoms with E-state index in [1.54, 1.807) is 14.2 Å². The van der Waals surface area contributed by atoms with Crippen LogP contribution in [0, 0.1) is 5.41 Å². The molecule has 0 amide bonds. The van der Waals surface area contributed by atoms with Crippen LogP contribution in [0.1, 0.15) is 37.3 Å². The first-order valence-corrected chi connectivity index (χ1v) is 13.8. The Balaban J connectivity index is 1.65. The molecule has 1 aliphatic carbocycles. The van der Waals surface area contributed by atoms with Gasteiger partial charge in [-0.25, -0.2) is 4.98 Å². The second-order valence-electron chi connectivity index (χ2n) is 10.4. The second-order valence-corrected chi connectivity index (χ2v) is 10.4. The molecule has 0 aliphatic heterocycles. The van der Waals surface area contributed by atoms with Crippen LogP contribution in [-0.4, -0.2) is 39.5 Å². The molecule has 1 fully saturated rings. The highest BCUT2D eigenvalue weighted by molar-refractivity contribution is 6.02. The Morgan fingerprint density at radius 2 is 1.43 bits per heavy atom. The van der Waals surface area contributed by atoms with Gasteiger partial charge in [0.1, 0.15) is 22.6 Å². The molecule has 0 unspecified atom stereocenters. The van der Waals surface area contributed by atoms with Gasteiger partial charge in [-0.1, -0.05) is 42.5 Å². The van der Waals surface area contributed by atoms with E-state index in [2.05, 4.69) is 41.0 Å². The summed E-state index contributed by atoms with van der Waals surface area (Å²) in [4.78, 5) is 5.03. The minimum absolute atomic E-state index is 0.137. The molecule has 2 heterocycles. The van der Waals surface area contributed by atoms with E-state index in [9.17, 15) is 10.5 Å². The first kappa shape index (κ1) is 25.9. The van der Waals surface area contributed by atoms with Crippen LogP contribution in [-0.2, 0) is 6.54 Å². The average molecular weight is 535 g/mol. The number of ether oxygens (including phenoxy) is 2. The van der Waals surface area contributed by atoms with Crippen LogP contribution in [0.2, 0.25) is 0 Å². The molecular formula is C33H34N4O3. The lowest BCUT2D eigenvalue weighted by atomic mass is 9.93. The van der Waals surface area contributed by atoms with Gasteiger partial charge in [0.2, 0.25) is 0 Å². The van der Waals surface area contributed by atoms with Crippen LogP contribution in [0.15, 0.2) is 85.2 Å². The van der Waals surface area contributed by atoms with Crippen molar-refractivity contribution in [2.45, 2.75) is 44.4 Å². The van der Waals surface area contributed by atoms with Crippen molar-refractivity contribution in [1.82, 2.24) is 14.1 Å². The van der Waals surface area contributed by atoms with Gasteiger partial charge in [-0.2, -0.15) is 0 Å². The monoisotopic (exact) mass is 534 g/mol. The fourth-order valence-electron chi connectivity index (χ4n) is 5.89. The number of nitrogens with zero attached hydrogens (tertiary/aromatic N) is 3. The Bertz CT molecular complexity index is 1660. The van der Waals surface area contributed by atoms with Crippen LogP contribution < -0.4 is 15.0 Å². The van der Waals surface area contributed by atoms with Crippen molar-refractivity contribution < 1.29 is 14.6 Å². The molecule has 0 spiro atoms. The van der Waals surface area contributed by atoms with Gasteiger partial charge in [0.15, 0.2) is 0 Å². The molecule has 2 aromatic heterocycles. The molecule has 0 atom stereocenters. The zero-order valence-electron chi connectivity index (χ0n) is 22.9. The maximum absolute atomic E-state index is 10.1. The molecule has 7 nitrogen and oxygen atoms in total. The van der Waals surface area contributed by atoms with E-state index in [4.69, 9.17) is 14.5 Å². The number of fused-ring (bicyclic) bond motifs is 1. The molecule has 7 heteroatoms. The quantitative estimate of drug-likeness (QED) is 0.261. The van der Waals surface area contributed by atoms with Gasteiger partial charge in [0.25, 0.3) is 0 Å². The summed E-state index contributed by atoms with van der Waals surface area (Å²) >= 11 is 0. The zero-order valence-corrected chi connectivity index (χ0v) is 22.9. The van der Waals surface area contributed by atoms with Gasteiger partial charge in [0.05, 0.1) is 37.7 Å². The van der Waals surface area contributed by atoms with E-state index in [0.29, 0.717) is 12.0 Å². The summed E-state index contributed by atoms with van der Waals surface area (Å²) in [5.74, 6) is 1.57. The van der Waals surface area contributed by atoms with Crippen molar-refractivity contribution in [1.29, 1.82) is 5.41 Å². The number of hydrogen-bond acceptors (Lipinski definition) is 5. The third kappa shape index (κ3) is 4.77. The minimum Gasteiger partial charge on any atom is -0.497 e. The van der Waals surface area contributed by atoms with Gasteiger partial charge < -0.3 is 23.7 Å². The summed E-state index contributed by atoms with van der Waals surface area (Å²) in [5.41, 5.74) is 6.37. The largest absolute Gasteiger partial charge is 0.497 e. The first-order chi connectivity index (χ1) is 19.6. The lowest BCUT2D eigenvalue weighted by Crippen LogP contribution is -2.29. The Morgan fingerprint density at radius 1 is 0.825 bits per heavy atom. The predicted octanol–water partition coefficient (Wildman–Crippen LogP) is 6.19. The third-order valence-electron chi connectivity index (χ3n) is 8.02. The second kappa shape index (κ2) is 11.0. The molecule has 204 valence electrons. The van der Waals surface area contributed by atoms with Gasteiger partial charge in [-0.15, -0.1) is 0 Å². The fraction of sp³-hybridized carbons (Fsp3) is 0.273. The van der Waals surface area contributed by atoms with Crippen LogP contribution in [0.3, 0.4) is 0 Å². The van der Waals surface area contributed by atoms with E-state index in [1.807, 2.05) is 53.4 Å². The molecule has 1 aliphatic rings. The molecule has 0 radical (unpaired) electrons. The van der Waals surface area contributed by atoms with Crippen molar-refractivity contribution in [2.75, 3.05) is 14.2 Å². The Hall–Kier alpha value is -4.36. The minimum atomic E-state index is -0.258. The maximum atomic E-state index is 10.1. The van der Waals surface area contributed by atoms with Crippen molar-refractivity contribution in [3.63, 3.8) is 0 Å². The molecule has 0 bridgehead atoms. The highest BCUT2D eigenvalue weighted by Gasteiger charge is 2.26. The number of nitrogens with one attached hydrogen (secondary N) is 1. The van der Waals surface area contributed by atoms with Gasteiger partial charge in [-0.05, 0) is 78.8 Å². The third-order valence-corrected chi connectivity index (χ3v) is 8.02. The van der Waals surface area contributed by atoms with Crippen molar-refractivity contribution in [2.24, 2.45) is 0 Å². The molecule has 2 N–H and O–H groups in total. The number of aromatic nitrogens is 3. The molecule has 0 saturated heterocycles. The van der Waals surface area contributed by atoms with E-state index in [0.717, 1.165) is 76.2 Å². The average Bonchev–Trinajstić information content (AvgIpc) is 3.33. The summed E-state index contributed by atoms with van der Waals surface area (Å²) < 4.78 is 15.2. The fourth-order valence-corrected chi connectivity index (χ4v) is 5.89. The number of rotatable bonds is 7. The summed E-state index contributed by atoms with van der Waals surface area (Å²) in [7, 11) is 3.34. The Morgan fingerprint density at radius 3 is 2.02 bits per heavy atom. The molecule has 3 aromatic carbocycles. The number of benzene rings is 3. The van der Waals surface area contributed by atoms with Crippen molar-refractivity contribution >= 4 is 11.0 Å². The summed E-state index contributed by atoms with van der Waals surface area (Å²) in [5, 5.41) is 20.4. The highest BCUT2D eigenvalue weighted by Crippen LogP contribution is 2.41. The van der Waals surface area contributed by atoms with Crippen LogP contribution in [0.5, 0.6) is 11.5 Å². The number of hydrogen-bond donors (Lipinski definition) is 2. The van der Waals surface area contributed by atoms with Crippen molar-refractivity contribution in [3.05, 3.63) is 96.2 Å². The smallest absolute Gasteiger partial charge is 0.146 e. The van der Waals surface area contributed by atoms with E-state index >= 15 is 0 Å². The Kier molecular flexibility index (Phi) is 7.13. The van der Waals surface area contributed by atoms with Gasteiger partial charge in [0, 0.05) is 18.2 Å². The molecular weight excluding hydrogens is 500 g/mol. The van der Waals surface area contributed by atoms with Crippen LogP contribution in [0.25, 0.3) is 33.4 Å². The maximum Gasteiger partial charge on any atom is 0.146 e. The van der Waals surface area contributed by atoms with E-state index in [-0.39, 0.29) is 12.1 Å². The SMILES string of the molecule is COc1ccc(-c2c(-c3ccc(OC)cc3)n(Cc3ccccc3)c3ncn(C4CCC(O)CC4)c(=N)c23)cc1. The normalized spacial score (nSPS) is 17.2. The predicted molar refractivity (Wildman–Crippen MR) is 157 cm³/mol. The zero-order chi connectivity index (χ0) is 27.6. The molecule has 5 aromatic rings. The van der Waals surface area contributed by atoms with Crippen molar-refractivity contribution in [3.8, 4) is 33.9 Å². The van der Waals surface area contributed by atoms with E-state index < -0.39 is 0 Å². The summed E-state index contributed by atoms with van der Waals surface area (Å²) in [6, 6.07) is 26.6. The summed E-state index contributed by atoms with van der Waals surface area (Å²) in [6.45, 7) is 0.612. The summed E-state index contributed by atoms with van der Waals surface area (Å²) in [6.07, 6.45) is 4.72. The first-order valence-electron chi connectivity index (χ1n) is 13.8. The number of aliphatic hydroxyl groups excluding tert-OH is 1. The molecule has 40 heavy (non-hydrogen) atoms. The standard InChI is InChI=1S/C33H34N4O3/c1-39-27-16-8-23(9-17-27)29-30-32(34)37(25-12-14-26(38)15-13-25)21-35-33(30)36(20-22-6-4-3-5-7-22)31(29)24-10-18-28(40-2)19-11-24/h3-11,16-19,21,25-26,34,38H,12-15,20H2,1-2H3. The lowest BCUT2D eigenvalue weighted by molar-refractivity contribution is 0.109. The highest BCUT2D eigenvalue weighted by atomic mass is 16.5. The number of aliphatic hydroxyl groups is 1. The van der Waals surface area contributed by atoms with Crippen LogP contribution >= 0.6 is 0 Å². The van der Waals surface area contributed by atoms with Gasteiger partial charge >= 0.3 is 0 Å². The lowest BCUT2D eigenvalue weighted by Gasteiger charge is -2.27. The van der Waals surface area contributed by atoms with Gasteiger partial charge in [-0.3, -0.25) is 5.41 Å². The topological polar surface area (TPSA) is 85.3 Å². The van der Waals surface area contributed by atoms with Crippen LogP contribution in [0.4, 0.5) is 0 Å². The Labute approximate surface area is 233 Å². The number of methoxy groups -OCH3 is 2.